The van der Waals surface area contributed by atoms with Crippen LogP contribution >= 0.6 is 0 Å². The van der Waals surface area contributed by atoms with Crippen molar-refractivity contribution in [3.8, 4) is 28.8 Å². The maximum Gasteiger partial charge on any atom is 0.272 e. The molecule has 7 heteroatoms. The fourth-order valence-corrected chi connectivity index (χ4v) is 5.16. The SMILES string of the molecule is CC1=C(C#N)C(=O)N(C(C)c2ccccc2)C(=O)/C1=C/c1cn(-c2ccccc2)nc1-c1ccc(OCC(C)C)cc1C. The van der Waals surface area contributed by atoms with Crippen LogP contribution in [0.3, 0.4) is 0 Å². The van der Waals surface area contributed by atoms with Gasteiger partial charge in [0.05, 0.1) is 18.3 Å². The Morgan fingerprint density at radius 2 is 1.60 bits per heavy atom. The first-order chi connectivity index (χ1) is 20.7. The minimum absolute atomic E-state index is 0.0477. The Balaban J connectivity index is 1.65. The molecule has 0 saturated carbocycles. The van der Waals surface area contributed by atoms with E-state index in [1.165, 1.54) is 4.90 Å². The number of rotatable bonds is 8. The number of carbonyl (C=O) groups excluding carboxylic acids is 2. The number of hydrogen-bond donors (Lipinski definition) is 0. The summed E-state index contributed by atoms with van der Waals surface area (Å²) in [5, 5.41) is 14.9. The lowest BCUT2D eigenvalue weighted by Gasteiger charge is -2.32. The Labute approximate surface area is 252 Å². The molecule has 0 bridgehead atoms. The quantitative estimate of drug-likeness (QED) is 0.165. The van der Waals surface area contributed by atoms with Gasteiger partial charge in [0.25, 0.3) is 11.8 Å². The Kier molecular flexibility index (Phi) is 8.40. The molecule has 5 rings (SSSR count). The predicted octanol–water partition coefficient (Wildman–Crippen LogP) is 7.24. The lowest BCUT2D eigenvalue weighted by atomic mass is 9.91. The molecule has 43 heavy (non-hydrogen) atoms. The van der Waals surface area contributed by atoms with E-state index >= 15 is 0 Å². The zero-order valence-corrected chi connectivity index (χ0v) is 25.0. The highest BCUT2D eigenvalue weighted by molar-refractivity contribution is 6.20. The Morgan fingerprint density at radius 1 is 0.930 bits per heavy atom. The average Bonchev–Trinajstić information content (AvgIpc) is 3.43. The first-order valence-electron chi connectivity index (χ1n) is 14.3. The predicted molar refractivity (Wildman–Crippen MR) is 167 cm³/mol. The molecule has 1 aliphatic rings. The van der Waals surface area contributed by atoms with Crippen LogP contribution in [0.25, 0.3) is 23.0 Å². The summed E-state index contributed by atoms with van der Waals surface area (Å²) in [5.41, 5.74) is 5.44. The van der Waals surface area contributed by atoms with E-state index in [4.69, 9.17) is 9.84 Å². The van der Waals surface area contributed by atoms with E-state index in [0.717, 1.165) is 28.1 Å². The summed E-state index contributed by atoms with van der Waals surface area (Å²) in [5.74, 6) is 0.136. The molecule has 4 aromatic rings. The van der Waals surface area contributed by atoms with E-state index in [0.29, 0.717) is 29.4 Å². The molecule has 0 radical (unpaired) electrons. The van der Waals surface area contributed by atoms with Gasteiger partial charge in [-0.2, -0.15) is 10.4 Å². The molecular formula is C36H34N4O3. The van der Waals surface area contributed by atoms with Gasteiger partial charge in [-0.3, -0.25) is 14.5 Å². The van der Waals surface area contributed by atoms with Gasteiger partial charge < -0.3 is 4.74 Å². The fraction of sp³-hybridized carbons (Fsp3) is 0.222. The van der Waals surface area contributed by atoms with Crippen molar-refractivity contribution in [1.29, 1.82) is 5.26 Å². The molecule has 0 aliphatic carbocycles. The van der Waals surface area contributed by atoms with Crippen LogP contribution in [0.5, 0.6) is 5.75 Å². The minimum atomic E-state index is -0.591. The van der Waals surface area contributed by atoms with Crippen LogP contribution in [0, 0.1) is 24.2 Å². The van der Waals surface area contributed by atoms with Crippen molar-refractivity contribution < 1.29 is 14.3 Å². The number of amides is 2. The van der Waals surface area contributed by atoms with E-state index in [-0.39, 0.29) is 11.1 Å². The van der Waals surface area contributed by atoms with Crippen molar-refractivity contribution >= 4 is 17.9 Å². The molecule has 216 valence electrons. The van der Waals surface area contributed by atoms with E-state index in [2.05, 4.69) is 13.8 Å². The fourth-order valence-electron chi connectivity index (χ4n) is 5.16. The summed E-state index contributed by atoms with van der Waals surface area (Å²) in [6, 6.07) is 26.4. The van der Waals surface area contributed by atoms with Crippen molar-refractivity contribution in [2.24, 2.45) is 5.92 Å². The first kappa shape index (κ1) is 29.3. The van der Waals surface area contributed by atoms with E-state index in [1.807, 2.05) is 98.1 Å². The standard InChI is InChI=1S/C36H34N4O3/c1-23(2)22-43-30-16-17-31(24(3)18-30)34-28(21-39(38-34)29-14-10-7-11-15-29)19-32-25(4)33(20-37)36(42)40(35(32)41)26(5)27-12-8-6-9-13-27/h6-19,21,23,26H,22H2,1-5H3/b32-19+. The minimum Gasteiger partial charge on any atom is -0.493 e. The summed E-state index contributed by atoms with van der Waals surface area (Å²) in [4.78, 5) is 28.6. The number of para-hydroxylation sites is 1. The Morgan fingerprint density at radius 3 is 2.23 bits per heavy atom. The van der Waals surface area contributed by atoms with E-state index in [1.54, 1.807) is 24.6 Å². The van der Waals surface area contributed by atoms with Crippen LogP contribution in [0.4, 0.5) is 0 Å². The van der Waals surface area contributed by atoms with Gasteiger partial charge in [0.2, 0.25) is 0 Å². The molecule has 7 nitrogen and oxygen atoms in total. The second-order valence-electron chi connectivity index (χ2n) is 11.1. The molecule has 1 aliphatic heterocycles. The van der Waals surface area contributed by atoms with Crippen LogP contribution in [-0.2, 0) is 9.59 Å². The van der Waals surface area contributed by atoms with Crippen LogP contribution < -0.4 is 4.74 Å². The van der Waals surface area contributed by atoms with Crippen molar-refractivity contribution in [3.63, 3.8) is 0 Å². The number of aromatic nitrogens is 2. The molecule has 2 amide bonds. The van der Waals surface area contributed by atoms with Crippen molar-refractivity contribution in [2.45, 2.75) is 40.7 Å². The number of ether oxygens (including phenoxy) is 1. The molecule has 1 unspecified atom stereocenters. The second kappa shape index (κ2) is 12.3. The summed E-state index contributed by atoms with van der Waals surface area (Å²) in [6.07, 6.45) is 3.62. The highest BCUT2D eigenvalue weighted by Crippen LogP contribution is 2.36. The van der Waals surface area contributed by atoms with Gasteiger partial charge in [0.1, 0.15) is 23.1 Å². The molecule has 0 saturated heterocycles. The second-order valence-corrected chi connectivity index (χ2v) is 11.1. The number of hydrogen-bond acceptors (Lipinski definition) is 5. The zero-order valence-electron chi connectivity index (χ0n) is 25.0. The van der Waals surface area contributed by atoms with Crippen molar-refractivity contribution in [1.82, 2.24) is 14.7 Å². The molecule has 1 aromatic heterocycles. The molecular weight excluding hydrogens is 536 g/mol. The number of nitrogens with zero attached hydrogens (tertiary/aromatic N) is 4. The average molecular weight is 571 g/mol. The Bertz CT molecular complexity index is 1780. The number of carbonyl (C=O) groups is 2. The maximum atomic E-state index is 14.0. The summed E-state index contributed by atoms with van der Waals surface area (Å²) in [7, 11) is 0. The summed E-state index contributed by atoms with van der Waals surface area (Å²) in [6.45, 7) is 10.3. The number of nitriles is 1. The van der Waals surface area contributed by atoms with Gasteiger partial charge in [-0.1, -0.05) is 62.4 Å². The maximum absolute atomic E-state index is 14.0. The molecule has 1 atom stereocenters. The summed E-state index contributed by atoms with van der Waals surface area (Å²) < 4.78 is 7.72. The van der Waals surface area contributed by atoms with E-state index < -0.39 is 17.9 Å². The molecule has 0 fully saturated rings. The molecule has 0 spiro atoms. The third kappa shape index (κ3) is 5.91. The normalized spacial score (nSPS) is 15.3. The number of benzene rings is 3. The Hall–Kier alpha value is -5.22. The smallest absolute Gasteiger partial charge is 0.272 e. The highest BCUT2D eigenvalue weighted by atomic mass is 16.5. The number of aryl methyl sites for hydroxylation is 1. The zero-order chi connectivity index (χ0) is 30.7. The third-order valence-corrected chi connectivity index (χ3v) is 7.54. The lowest BCUT2D eigenvalue weighted by molar-refractivity contribution is -0.143. The van der Waals surface area contributed by atoms with Crippen molar-refractivity contribution in [3.05, 3.63) is 118 Å². The molecule has 0 N–H and O–H groups in total. The van der Waals surface area contributed by atoms with Gasteiger partial charge in [0, 0.05) is 22.9 Å². The van der Waals surface area contributed by atoms with Gasteiger partial charge in [-0.05, 0) is 79.8 Å². The van der Waals surface area contributed by atoms with Crippen LogP contribution in [0.15, 0.2) is 102 Å². The van der Waals surface area contributed by atoms with Gasteiger partial charge in [0.15, 0.2) is 0 Å². The highest BCUT2D eigenvalue weighted by Gasteiger charge is 2.39. The number of imide groups is 1. The van der Waals surface area contributed by atoms with Crippen molar-refractivity contribution in [2.75, 3.05) is 6.61 Å². The van der Waals surface area contributed by atoms with Gasteiger partial charge in [-0.25, -0.2) is 4.68 Å². The van der Waals surface area contributed by atoms with Crippen LogP contribution in [0.2, 0.25) is 0 Å². The largest absolute Gasteiger partial charge is 0.493 e. The van der Waals surface area contributed by atoms with E-state index in [9.17, 15) is 14.9 Å². The van der Waals surface area contributed by atoms with Crippen LogP contribution in [-0.4, -0.2) is 33.1 Å². The molecule has 3 aromatic carbocycles. The first-order valence-corrected chi connectivity index (χ1v) is 14.3. The van der Waals surface area contributed by atoms with Gasteiger partial charge >= 0.3 is 0 Å². The lowest BCUT2D eigenvalue weighted by Crippen LogP contribution is -2.44. The monoisotopic (exact) mass is 570 g/mol. The third-order valence-electron chi connectivity index (χ3n) is 7.54. The summed E-state index contributed by atoms with van der Waals surface area (Å²) >= 11 is 0. The van der Waals surface area contributed by atoms with Crippen LogP contribution in [0.1, 0.15) is 50.4 Å². The molecule has 2 heterocycles. The van der Waals surface area contributed by atoms with Gasteiger partial charge in [-0.15, -0.1) is 0 Å². The topological polar surface area (TPSA) is 88.2 Å².